The van der Waals surface area contributed by atoms with Crippen LogP contribution in [0, 0.1) is 0 Å². The molecule has 182 valence electrons. The lowest BCUT2D eigenvalue weighted by Gasteiger charge is -2.45. The smallest absolute Gasteiger partial charge is 0.411 e. The highest BCUT2D eigenvalue weighted by Crippen LogP contribution is 2.42. The number of carbonyl (C=O) groups excluding carboxylic acids is 1. The van der Waals surface area contributed by atoms with Crippen LogP contribution in [0.2, 0.25) is 0 Å². The van der Waals surface area contributed by atoms with Crippen molar-refractivity contribution in [2.45, 2.75) is 69.6 Å². The highest BCUT2D eigenvalue weighted by atomic mass is 16.6. The van der Waals surface area contributed by atoms with Crippen molar-refractivity contribution in [2.75, 3.05) is 6.54 Å². The number of cyclic esters (lactones) is 1. The lowest BCUT2D eigenvalue weighted by atomic mass is 9.80. The third-order valence-corrected chi connectivity index (χ3v) is 7.13. The Balaban J connectivity index is 1.31. The molecular weight excluding hydrogens is 438 g/mol. The highest BCUT2D eigenvalue weighted by Gasteiger charge is 2.46. The first-order chi connectivity index (χ1) is 16.7. The summed E-state index contributed by atoms with van der Waals surface area (Å²) in [6.45, 7) is 6.07. The molecule has 2 aromatic carbocycles. The van der Waals surface area contributed by atoms with E-state index >= 15 is 0 Å². The number of hydrogen-bond donors (Lipinski definition) is 1. The number of amides is 1. The number of benzene rings is 2. The number of aliphatic hydroxyl groups is 1. The maximum absolute atomic E-state index is 13.3. The van der Waals surface area contributed by atoms with Crippen molar-refractivity contribution in [3.8, 4) is 11.3 Å². The van der Waals surface area contributed by atoms with E-state index in [1.807, 2.05) is 67.6 Å². The molecule has 1 N–H and O–H groups in total. The van der Waals surface area contributed by atoms with Gasteiger partial charge in [-0.2, -0.15) is 10.2 Å². The Morgan fingerprint density at radius 1 is 1.06 bits per heavy atom. The van der Waals surface area contributed by atoms with Gasteiger partial charge in [-0.1, -0.05) is 54.6 Å². The quantitative estimate of drug-likeness (QED) is 0.459. The molecule has 1 aromatic heterocycles. The fraction of sp³-hybridized carbons (Fsp3) is 0.414. The Labute approximate surface area is 207 Å². The third-order valence-electron chi connectivity index (χ3n) is 7.13. The van der Waals surface area contributed by atoms with Gasteiger partial charge in [0, 0.05) is 30.9 Å². The number of hydrogen-bond acceptors (Lipinski definition) is 5. The number of rotatable bonds is 7. The van der Waals surface area contributed by atoms with Gasteiger partial charge in [-0.25, -0.2) is 4.79 Å². The van der Waals surface area contributed by atoms with Crippen LogP contribution in [0.1, 0.15) is 75.2 Å². The van der Waals surface area contributed by atoms with E-state index in [1.54, 1.807) is 18.7 Å². The van der Waals surface area contributed by atoms with Crippen LogP contribution in [0.4, 0.5) is 4.79 Å². The van der Waals surface area contributed by atoms with Gasteiger partial charge < -0.3 is 14.7 Å². The third kappa shape index (κ3) is 5.08. The van der Waals surface area contributed by atoms with Crippen molar-refractivity contribution in [1.82, 2.24) is 15.1 Å². The van der Waals surface area contributed by atoms with E-state index in [1.165, 1.54) is 12.8 Å². The van der Waals surface area contributed by atoms with E-state index in [-0.39, 0.29) is 12.1 Å². The fourth-order valence-electron chi connectivity index (χ4n) is 5.10. The molecule has 1 unspecified atom stereocenters. The predicted octanol–water partition coefficient (Wildman–Crippen LogP) is 5.98. The average Bonchev–Trinajstić information content (AvgIpc) is 3.69. The SMILES string of the molecule is C[C@@H](c1ccc(-c2ccc(C3CC3)nn2)cc1)N1CCC(CC(C)(C)O)(c2ccccc2)OC1=O. The van der Waals surface area contributed by atoms with Crippen LogP contribution in [0.15, 0.2) is 66.7 Å². The molecule has 6 nitrogen and oxygen atoms in total. The van der Waals surface area contributed by atoms with Crippen LogP contribution in [-0.2, 0) is 10.3 Å². The Bertz CT molecular complexity index is 1170. The van der Waals surface area contributed by atoms with Crippen molar-refractivity contribution in [1.29, 1.82) is 0 Å². The molecular formula is C29H33N3O3. The normalized spacial score (nSPS) is 21.5. The van der Waals surface area contributed by atoms with Crippen LogP contribution in [0.3, 0.4) is 0 Å². The van der Waals surface area contributed by atoms with E-state index in [4.69, 9.17) is 4.74 Å². The Morgan fingerprint density at radius 2 is 1.77 bits per heavy atom. The minimum absolute atomic E-state index is 0.143. The van der Waals surface area contributed by atoms with E-state index in [0.29, 0.717) is 25.3 Å². The predicted molar refractivity (Wildman–Crippen MR) is 135 cm³/mol. The van der Waals surface area contributed by atoms with E-state index < -0.39 is 11.2 Å². The minimum atomic E-state index is -0.973. The fourth-order valence-corrected chi connectivity index (χ4v) is 5.10. The molecule has 1 saturated heterocycles. The summed E-state index contributed by atoms with van der Waals surface area (Å²) in [6, 6.07) is 21.9. The maximum Gasteiger partial charge on any atom is 0.411 e. The van der Waals surface area contributed by atoms with Gasteiger partial charge >= 0.3 is 6.09 Å². The summed E-state index contributed by atoms with van der Waals surface area (Å²) in [6.07, 6.45) is 3.02. The van der Waals surface area contributed by atoms with E-state index in [2.05, 4.69) is 16.3 Å². The Hall–Kier alpha value is -3.25. The molecule has 0 spiro atoms. The standard InChI is InChI=1S/C29H33N3O3/c1-20(21-9-11-22(12-10-21)25-15-16-26(31-30-25)23-13-14-23)32-18-17-29(35-27(32)33,19-28(2,3)34)24-7-5-4-6-8-24/h4-12,15-16,20,23,34H,13-14,17-19H2,1-3H3/t20-,29?/m0/s1. The zero-order valence-corrected chi connectivity index (χ0v) is 20.6. The maximum atomic E-state index is 13.3. The lowest BCUT2D eigenvalue weighted by Crippen LogP contribution is -2.51. The molecule has 0 bridgehead atoms. The molecule has 1 aliphatic heterocycles. The van der Waals surface area contributed by atoms with Gasteiger partial charge in [-0.05, 0) is 56.9 Å². The van der Waals surface area contributed by atoms with Crippen LogP contribution >= 0.6 is 0 Å². The first-order valence-electron chi connectivity index (χ1n) is 12.5. The molecule has 35 heavy (non-hydrogen) atoms. The minimum Gasteiger partial charge on any atom is -0.438 e. The van der Waals surface area contributed by atoms with Crippen molar-refractivity contribution >= 4 is 6.09 Å². The zero-order valence-electron chi connectivity index (χ0n) is 20.6. The summed E-state index contributed by atoms with van der Waals surface area (Å²) < 4.78 is 6.13. The van der Waals surface area contributed by atoms with Gasteiger partial charge in [0.25, 0.3) is 0 Å². The van der Waals surface area contributed by atoms with Crippen molar-refractivity contribution in [2.24, 2.45) is 0 Å². The topological polar surface area (TPSA) is 75.6 Å². The van der Waals surface area contributed by atoms with Crippen LogP contribution in [-0.4, -0.2) is 38.4 Å². The van der Waals surface area contributed by atoms with Gasteiger partial charge in [0.2, 0.25) is 0 Å². The molecule has 1 saturated carbocycles. The van der Waals surface area contributed by atoms with Crippen LogP contribution in [0.5, 0.6) is 0 Å². The number of aromatic nitrogens is 2. The van der Waals surface area contributed by atoms with Gasteiger partial charge in [-0.3, -0.25) is 0 Å². The number of carbonyl (C=O) groups is 1. The van der Waals surface area contributed by atoms with Crippen molar-refractivity contribution in [3.05, 3.63) is 83.6 Å². The molecule has 2 heterocycles. The summed E-state index contributed by atoms with van der Waals surface area (Å²) >= 11 is 0. The summed E-state index contributed by atoms with van der Waals surface area (Å²) in [7, 11) is 0. The van der Waals surface area contributed by atoms with E-state index in [9.17, 15) is 9.90 Å². The average molecular weight is 472 g/mol. The van der Waals surface area contributed by atoms with Gasteiger partial charge in [0.15, 0.2) is 0 Å². The number of nitrogens with zero attached hydrogens (tertiary/aromatic N) is 3. The second-order valence-corrected chi connectivity index (χ2v) is 10.6. The Kier molecular flexibility index (Phi) is 6.09. The van der Waals surface area contributed by atoms with Gasteiger partial charge in [-0.15, -0.1) is 0 Å². The van der Waals surface area contributed by atoms with Gasteiger partial charge in [0.05, 0.1) is 23.0 Å². The van der Waals surface area contributed by atoms with Gasteiger partial charge in [0.1, 0.15) is 5.60 Å². The Morgan fingerprint density at radius 3 is 2.34 bits per heavy atom. The first kappa shape index (κ1) is 23.5. The molecule has 3 aromatic rings. The summed E-state index contributed by atoms with van der Waals surface area (Å²) in [5, 5.41) is 19.4. The molecule has 1 amide bonds. The molecule has 2 fully saturated rings. The summed E-state index contributed by atoms with van der Waals surface area (Å²) in [5.74, 6) is 0.591. The van der Waals surface area contributed by atoms with E-state index in [0.717, 1.165) is 28.1 Å². The summed E-state index contributed by atoms with van der Waals surface area (Å²) in [4.78, 5) is 15.0. The second-order valence-electron chi connectivity index (χ2n) is 10.6. The lowest BCUT2D eigenvalue weighted by molar-refractivity contribution is -0.101. The molecule has 0 radical (unpaired) electrons. The highest BCUT2D eigenvalue weighted by molar-refractivity contribution is 5.70. The molecule has 5 rings (SSSR count). The second kappa shape index (κ2) is 9.08. The van der Waals surface area contributed by atoms with Crippen LogP contribution < -0.4 is 0 Å². The largest absolute Gasteiger partial charge is 0.438 e. The number of ether oxygens (including phenoxy) is 1. The van der Waals surface area contributed by atoms with Crippen LogP contribution in [0.25, 0.3) is 11.3 Å². The zero-order chi connectivity index (χ0) is 24.6. The molecule has 2 atom stereocenters. The molecule has 6 heteroatoms. The first-order valence-corrected chi connectivity index (χ1v) is 12.5. The monoisotopic (exact) mass is 471 g/mol. The molecule has 1 aliphatic carbocycles. The molecule has 2 aliphatic rings. The van der Waals surface area contributed by atoms with Crippen molar-refractivity contribution in [3.63, 3.8) is 0 Å². The van der Waals surface area contributed by atoms with Crippen molar-refractivity contribution < 1.29 is 14.6 Å². The summed E-state index contributed by atoms with van der Waals surface area (Å²) in [5.41, 5.74) is 3.07.